The molecule has 0 aliphatic carbocycles. The molecule has 1 unspecified atom stereocenters. The Hall–Kier alpha value is -0.340. The fraction of sp³-hybridized carbons (Fsp3) is 0.800. The van der Waals surface area contributed by atoms with Crippen LogP contribution in [0, 0.1) is 0 Å². The van der Waals surface area contributed by atoms with E-state index in [0.29, 0.717) is 6.04 Å². The van der Waals surface area contributed by atoms with E-state index in [1.165, 1.54) is 12.0 Å². The van der Waals surface area contributed by atoms with E-state index in [4.69, 9.17) is 0 Å². The second-order valence-corrected chi connectivity index (χ2v) is 3.61. The van der Waals surface area contributed by atoms with Crippen LogP contribution in [0.25, 0.3) is 0 Å². The molecular weight excluding hydrogens is 148 g/mol. The highest BCUT2D eigenvalue weighted by Gasteiger charge is 2.07. The fourth-order valence-corrected chi connectivity index (χ4v) is 1.16. The van der Waals surface area contributed by atoms with Crippen molar-refractivity contribution in [3.63, 3.8) is 0 Å². The summed E-state index contributed by atoms with van der Waals surface area (Å²) in [6.45, 7) is 10.3. The first-order chi connectivity index (χ1) is 5.57. The molecule has 0 spiro atoms. The van der Waals surface area contributed by atoms with Crippen molar-refractivity contribution < 1.29 is 0 Å². The Morgan fingerprint density at radius 3 is 2.58 bits per heavy atom. The largest absolute Gasteiger partial charge is 0.320 e. The maximum Gasteiger partial charge on any atom is 0.0187 e. The van der Waals surface area contributed by atoms with Gasteiger partial charge in [0.25, 0.3) is 0 Å². The third kappa shape index (κ3) is 5.33. The van der Waals surface area contributed by atoms with Crippen LogP contribution in [-0.2, 0) is 0 Å². The maximum atomic E-state index is 3.90. The van der Waals surface area contributed by atoms with Gasteiger partial charge in [-0.15, -0.1) is 0 Å². The van der Waals surface area contributed by atoms with Crippen LogP contribution in [0.5, 0.6) is 0 Å². The van der Waals surface area contributed by atoms with Crippen molar-refractivity contribution in [2.75, 3.05) is 27.2 Å². The van der Waals surface area contributed by atoms with E-state index in [1.807, 2.05) is 7.05 Å². The molecule has 2 nitrogen and oxygen atoms in total. The third-order valence-corrected chi connectivity index (χ3v) is 2.08. The first kappa shape index (κ1) is 11.7. The lowest BCUT2D eigenvalue weighted by Gasteiger charge is -2.24. The quantitative estimate of drug-likeness (QED) is 0.608. The molecule has 0 aliphatic rings. The molecule has 72 valence electrons. The summed E-state index contributed by atoms with van der Waals surface area (Å²) in [6.07, 6.45) is 1.19. The van der Waals surface area contributed by atoms with Gasteiger partial charge >= 0.3 is 0 Å². The van der Waals surface area contributed by atoms with Gasteiger partial charge in [-0.2, -0.15) is 0 Å². The van der Waals surface area contributed by atoms with Gasteiger partial charge in [-0.1, -0.05) is 12.2 Å². The lowest BCUT2D eigenvalue weighted by Crippen LogP contribution is -2.32. The summed E-state index contributed by atoms with van der Waals surface area (Å²) in [4.78, 5) is 2.33. The molecule has 0 aromatic rings. The van der Waals surface area contributed by atoms with Gasteiger partial charge in [-0.25, -0.2) is 0 Å². The smallest absolute Gasteiger partial charge is 0.0187 e. The second kappa shape index (κ2) is 6.21. The highest BCUT2D eigenvalue weighted by molar-refractivity contribution is 4.92. The molecule has 0 bridgehead atoms. The van der Waals surface area contributed by atoms with E-state index in [2.05, 4.69) is 37.7 Å². The van der Waals surface area contributed by atoms with E-state index >= 15 is 0 Å². The number of nitrogens with one attached hydrogen (secondary N) is 1. The molecule has 0 amide bonds. The molecule has 2 heteroatoms. The average molecular weight is 170 g/mol. The fourth-order valence-electron chi connectivity index (χ4n) is 1.16. The summed E-state index contributed by atoms with van der Waals surface area (Å²) in [5, 5.41) is 3.16. The molecule has 0 radical (unpaired) electrons. The SMILES string of the molecule is C=C(C)CN(C)C(C)CCNC. The average Bonchev–Trinajstić information content (AvgIpc) is 1.98. The Balaban J connectivity index is 3.60. The van der Waals surface area contributed by atoms with Crippen molar-refractivity contribution in [2.24, 2.45) is 0 Å². The Bertz CT molecular complexity index is 132. The minimum atomic E-state index is 0.633. The third-order valence-electron chi connectivity index (χ3n) is 2.08. The number of hydrogen-bond acceptors (Lipinski definition) is 2. The summed E-state index contributed by atoms with van der Waals surface area (Å²) < 4.78 is 0. The lowest BCUT2D eigenvalue weighted by atomic mass is 10.2. The van der Waals surface area contributed by atoms with Crippen molar-refractivity contribution in [2.45, 2.75) is 26.3 Å². The zero-order valence-electron chi connectivity index (χ0n) is 8.85. The van der Waals surface area contributed by atoms with Crippen molar-refractivity contribution in [1.82, 2.24) is 10.2 Å². The van der Waals surface area contributed by atoms with Crippen LogP contribution in [0.4, 0.5) is 0 Å². The summed E-state index contributed by atoms with van der Waals surface area (Å²) in [7, 11) is 4.14. The number of nitrogens with zero attached hydrogens (tertiary/aromatic N) is 1. The molecule has 1 N–H and O–H groups in total. The van der Waals surface area contributed by atoms with Crippen molar-refractivity contribution in [3.05, 3.63) is 12.2 Å². The number of rotatable bonds is 6. The summed E-state index contributed by atoms with van der Waals surface area (Å²) >= 11 is 0. The highest BCUT2D eigenvalue weighted by Crippen LogP contribution is 2.02. The molecule has 0 aliphatic heterocycles. The molecule has 0 aromatic heterocycles. The van der Waals surface area contributed by atoms with Gasteiger partial charge < -0.3 is 5.32 Å². The van der Waals surface area contributed by atoms with E-state index < -0.39 is 0 Å². The van der Waals surface area contributed by atoms with Crippen molar-refractivity contribution in [1.29, 1.82) is 0 Å². The number of likely N-dealkylation sites (N-methyl/N-ethyl adjacent to an activating group) is 1. The van der Waals surface area contributed by atoms with Gasteiger partial charge in [-0.3, -0.25) is 4.90 Å². The summed E-state index contributed by atoms with van der Waals surface area (Å²) in [6, 6.07) is 0.633. The molecular formula is C10H22N2. The minimum absolute atomic E-state index is 0.633. The highest BCUT2D eigenvalue weighted by atomic mass is 15.1. The lowest BCUT2D eigenvalue weighted by molar-refractivity contribution is 0.265. The van der Waals surface area contributed by atoms with Gasteiger partial charge in [0, 0.05) is 12.6 Å². The molecule has 0 heterocycles. The predicted molar refractivity (Wildman–Crippen MR) is 55.4 cm³/mol. The van der Waals surface area contributed by atoms with Crippen LogP contribution < -0.4 is 5.32 Å². The first-order valence-electron chi connectivity index (χ1n) is 4.57. The minimum Gasteiger partial charge on any atom is -0.320 e. The zero-order chi connectivity index (χ0) is 9.56. The summed E-state index contributed by atoms with van der Waals surface area (Å²) in [5.74, 6) is 0. The predicted octanol–water partition coefficient (Wildman–Crippen LogP) is 1.49. The molecule has 0 saturated heterocycles. The van der Waals surface area contributed by atoms with Gasteiger partial charge in [-0.05, 0) is 40.9 Å². The Labute approximate surface area is 76.6 Å². The van der Waals surface area contributed by atoms with Crippen LogP contribution in [0.2, 0.25) is 0 Å². The normalized spacial score (nSPS) is 13.4. The number of hydrogen-bond donors (Lipinski definition) is 1. The van der Waals surface area contributed by atoms with Crippen molar-refractivity contribution in [3.8, 4) is 0 Å². The van der Waals surface area contributed by atoms with Crippen LogP contribution in [0.3, 0.4) is 0 Å². The van der Waals surface area contributed by atoms with Crippen LogP contribution in [0.15, 0.2) is 12.2 Å². The van der Waals surface area contributed by atoms with Gasteiger partial charge in [0.15, 0.2) is 0 Å². The Morgan fingerprint density at radius 2 is 2.17 bits per heavy atom. The molecule has 0 saturated carbocycles. The topological polar surface area (TPSA) is 15.3 Å². The molecule has 1 atom stereocenters. The molecule has 0 rings (SSSR count). The molecule has 0 aromatic carbocycles. The van der Waals surface area contributed by atoms with E-state index in [-0.39, 0.29) is 0 Å². The molecule has 0 fully saturated rings. The van der Waals surface area contributed by atoms with Gasteiger partial charge in [0.2, 0.25) is 0 Å². The second-order valence-electron chi connectivity index (χ2n) is 3.61. The van der Waals surface area contributed by atoms with Gasteiger partial charge in [0.05, 0.1) is 0 Å². The van der Waals surface area contributed by atoms with Crippen LogP contribution in [-0.4, -0.2) is 38.1 Å². The standard InChI is InChI=1S/C10H22N2/c1-9(2)8-12(5)10(3)6-7-11-4/h10-11H,1,6-8H2,2-5H3. The Morgan fingerprint density at radius 1 is 1.58 bits per heavy atom. The van der Waals surface area contributed by atoms with E-state index in [0.717, 1.165) is 13.1 Å². The zero-order valence-corrected chi connectivity index (χ0v) is 8.85. The van der Waals surface area contributed by atoms with Crippen LogP contribution in [0.1, 0.15) is 20.3 Å². The van der Waals surface area contributed by atoms with Crippen molar-refractivity contribution >= 4 is 0 Å². The molecule has 12 heavy (non-hydrogen) atoms. The maximum absolute atomic E-state index is 3.90. The monoisotopic (exact) mass is 170 g/mol. The Kier molecular flexibility index (Phi) is 6.03. The van der Waals surface area contributed by atoms with E-state index in [1.54, 1.807) is 0 Å². The summed E-state index contributed by atoms with van der Waals surface area (Å²) in [5.41, 5.74) is 1.23. The first-order valence-corrected chi connectivity index (χ1v) is 4.57. The van der Waals surface area contributed by atoms with Gasteiger partial charge in [0.1, 0.15) is 0 Å². The van der Waals surface area contributed by atoms with E-state index in [9.17, 15) is 0 Å². The van der Waals surface area contributed by atoms with Crippen LogP contribution >= 0.6 is 0 Å².